The lowest BCUT2D eigenvalue weighted by Crippen LogP contribution is -2.62. The van der Waals surface area contributed by atoms with E-state index < -0.39 is 97.2 Å². The molecule has 3 N–H and O–H groups in total. The van der Waals surface area contributed by atoms with Crippen molar-refractivity contribution >= 4 is 24.7 Å². The van der Waals surface area contributed by atoms with Crippen LogP contribution in [0.3, 0.4) is 0 Å². The van der Waals surface area contributed by atoms with Gasteiger partial charge in [-0.3, -0.25) is 4.79 Å². The monoisotopic (exact) mass is 1080 g/mol. The van der Waals surface area contributed by atoms with Gasteiger partial charge < -0.3 is 86.1 Å². The van der Waals surface area contributed by atoms with Gasteiger partial charge in [-0.15, -0.1) is 0 Å². The summed E-state index contributed by atoms with van der Waals surface area (Å²) in [5.41, 5.74) is 2.80. The molecule has 14 unspecified atom stereocenters. The molecule has 1 aromatic heterocycles. The molecule has 13 bridgehead atoms. The van der Waals surface area contributed by atoms with Crippen molar-refractivity contribution < 1.29 is 90.8 Å². The van der Waals surface area contributed by atoms with Crippen LogP contribution in [-0.4, -0.2) is 180 Å². The maximum Gasteiger partial charge on any atom is 0.308 e. The van der Waals surface area contributed by atoms with Crippen LogP contribution in [0.1, 0.15) is 104 Å². The van der Waals surface area contributed by atoms with Crippen LogP contribution in [0.2, 0.25) is 0 Å². The summed E-state index contributed by atoms with van der Waals surface area (Å²) >= 11 is 0. The van der Waals surface area contributed by atoms with E-state index in [0.717, 1.165) is 16.4 Å². The lowest BCUT2D eigenvalue weighted by atomic mass is 9.79. The molecule has 19 heteroatoms. The summed E-state index contributed by atoms with van der Waals surface area (Å²) in [6, 6.07) is 1.91. The van der Waals surface area contributed by atoms with Crippen LogP contribution in [0.4, 0.5) is 0 Å². The summed E-state index contributed by atoms with van der Waals surface area (Å²) in [5, 5.41) is 31.1. The standard InChI is InChI=1S/C59H72O19/c1-24-10-32-13-34-33-12-30(6-8-36(24)65-32)64-38(27(33)4)15-41-51(72-47(63)14-31-7-9-37-52(66-31)56-55-54(68-37)53-45(71-55)22-59(34,77-53)78-56)28(5)50-42(67-41)17-40-44(70-50)20-58(73-40)21-46-49(76-58)26(3)19-57(75-46)18-25(2)48-43(74-57)16-39(69-48)35(62)11-29(61)23-60/h6,8,10,12-13,25-26,28-29,31,35,37-46,48-56,60-62H,1,4,7,9,11,14-23H2,2-3,5H3/b30-6+,34-13+,36-8-/t25?,26?,28?,29?,31?,35?,37-,38?,39-,40?,41-,42+,43-,44?,45?,46-,48-,49-,50?,51?,52?,53-,54-,55?,56-,57+,58-,59+/m0/s1. The molecule has 16 aliphatic heterocycles. The normalized spacial score (nSPS) is 54.5. The van der Waals surface area contributed by atoms with Crippen molar-refractivity contribution in [1.29, 1.82) is 0 Å². The molecule has 28 atom stereocenters. The lowest BCUT2D eigenvalue weighted by molar-refractivity contribution is -0.347. The third-order valence-corrected chi connectivity index (χ3v) is 20.5. The Balaban J connectivity index is 0.676. The van der Waals surface area contributed by atoms with E-state index >= 15 is 0 Å². The Morgan fingerprint density at radius 3 is 2.23 bits per heavy atom. The van der Waals surface area contributed by atoms with Gasteiger partial charge in [0.2, 0.25) is 0 Å². The van der Waals surface area contributed by atoms with E-state index in [-0.39, 0.29) is 97.6 Å². The highest BCUT2D eigenvalue weighted by Crippen LogP contribution is 2.59. The molecule has 3 spiro atoms. The van der Waals surface area contributed by atoms with Crippen LogP contribution < -0.4 is 10.6 Å². The zero-order valence-electron chi connectivity index (χ0n) is 44.3. The Morgan fingerprint density at radius 2 is 1.37 bits per heavy atom. The molecule has 0 aliphatic carbocycles. The second-order valence-corrected chi connectivity index (χ2v) is 25.7. The number of hydrogen-bond acceptors (Lipinski definition) is 19. The first-order chi connectivity index (χ1) is 37.6. The molecule has 0 amide bonds. The lowest BCUT2D eigenvalue weighted by Gasteiger charge is -2.50. The van der Waals surface area contributed by atoms with Crippen molar-refractivity contribution in [3.05, 3.63) is 63.7 Å². The first kappa shape index (κ1) is 50.4. The number of hydrogen-bond donors (Lipinski definition) is 3. The molecule has 19 nitrogen and oxygen atoms in total. The molecule has 17 heterocycles. The summed E-state index contributed by atoms with van der Waals surface area (Å²) in [4.78, 5) is 14.5. The third-order valence-electron chi connectivity index (χ3n) is 20.5. The summed E-state index contributed by atoms with van der Waals surface area (Å²) in [7, 11) is 0. The topological polar surface area (TPSA) is 220 Å². The van der Waals surface area contributed by atoms with Gasteiger partial charge >= 0.3 is 5.97 Å². The van der Waals surface area contributed by atoms with Gasteiger partial charge in [-0.2, -0.15) is 0 Å². The average molecular weight is 1090 g/mol. The highest BCUT2D eigenvalue weighted by Gasteiger charge is 2.71. The number of furan rings is 1. The fraction of sp³-hybridized carbons (Fsp3) is 0.746. The predicted octanol–water partition coefficient (Wildman–Crippen LogP) is 2.95. The number of rotatable bonds is 4. The van der Waals surface area contributed by atoms with Crippen LogP contribution in [0.5, 0.6) is 0 Å². The van der Waals surface area contributed by atoms with Crippen LogP contribution in [0.25, 0.3) is 18.7 Å². The molecule has 78 heavy (non-hydrogen) atoms. The van der Waals surface area contributed by atoms with Gasteiger partial charge in [0.25, 0.3) is 0 Å². The van der Waals surface area contributed by atoms with Crippen molar-refractivity contribution in [2.45, 2.75) is 249 Å². The number of esters is 1. The average Bonchev–Trinajstić information content (AvgIpc) is 3.98. The van der Waals surface area contributed by atoms with E-state index in [4.69, 9.17) is 77.3 Å². The Hall–Kier alpha value is -3.35. The second-order valence-electron chi connectivity index (χ2n) is 25.7. The van der Waals surface area contributed by atoms with Crippen LogP contribution in [0, 0.1) is 17.8 Å². The van der Waals surface area contributed by atoms with Crippen LogP contribution >= 0.6 is 0 Å². The van der Waals surface area contributed by atoms with Gasteiger partial charge in [0.15, 0.2) is 17.4 Å². The number of aliphatic hydroxyl groups excluding tert-OH is 3. The van der Waals surface area contributed by atoms with Crippen molar-refractivity contribution in [2.75, 3.05) is 6.61 Å². The maximum atomic E-state index is 14.5. The van der Waals surface area contributed by atoms with Gasteiger partial charge in [-0.1, -0.05) is 33.9 Å². The maximum absolute atomic E-state index is 14.5. The summed E-state index contributed by atoms with van der Waals surface area (Å²) < 4.78 is 104. The fourth-order valence-corrected chi connectivity index (χ4v) is 17.1. The number of carbonyl (C=O) groups excluding carboxylic acids is 1. The Labute approximate surface area is 451 Å². The molecule has 1 aromatic rings. The molecule has 0 radical (unpaired) electrons. The van der Waals surface area contributed by atoms with Crippen LogP contribution in [-0.2, 0) is 71.1 Å². The minimum Gasteiger partial charge on any atom is -0.486 e. The van der Waals surface area contributed by atoms with Gasteiger partial charge in [-0.25, -0.2) is 0 Å². The van der Waals surface area contributed by atoms with E-state index in [0.29, 0.717) is 86.7 Å². The number of fused-ring (bicyclic) bond motifs is 10. The SMILES string of the molecule is C=C1C2=CC3=C\C=c4/oc(cc4=C)/C=C\2[C@@]24CC5OC6[C@@H](O2)C2OC(CC[C@@H]2O[C@H]6[C@H]5O4)CC(=O)OC2C(C)C4OC5C[C@]6(C[C@@H]7O[C@]8(CC(C)[C@@H]9O[C@H](C(O)CC(O)CO)C[C@@H]9O8)CC(C)[C@@H]7O6)OC5C[C@H]4O[C@H]2CC1O\3. The fourth-order valence-electron chi connectivity index (χ4n) is 17.1. The largest absolute Gasteiger partial charge is 0.486 e. The zero-order valence-corrected chi connectivity index (χ0v) is 44.3. The summed E-state index contributed by atoms with van der Waals surface area (Å²) in [6.07, 6.45) is 2.86. The Bertz CT molecular complexity index is 2850. The molecule has 14 saturated heterocycles. The highest BCUT2D eigenvalue weighted by atomic mass is 16.8. The Morgan fingerprint density at radius 1 is 0.628 bits per heavy atom. The molecular weight excluding hydrogens is 1010 g/mol. The minimum atomic E-state index is -1.29. The van der Waals surface area contributed by atoms with Gasteiger partial charge in [0.1, 0.15) is 59.7 Å². The second kappa shape index (κ2) is 18.1. The number of carbonyl (C=O) groups is 1. The molecule has 17 rings (SSSR count). The van der Waals surface area contributed by atoms with Crippen molar-refractivity contribution in [3.63, 3.8) is 0 Å². The summed E-state index contributed by atoms with van der Waals surface area (Å²) in [5.74, 6) is -2.45. The molecule has 422 valence electrons. The minimum absolute atomic E-state index is 0.0243. The molecule has 0 aromatic carbocycles. The molecule has 16 aliphatic rings. The highest BCUT2D eigenvalue weighted by molar-refractivity contribution is 5.70. The zero-order chi connectivity index (χ0) is 52.9. The van der Waals surface area contributed by atoms with Gasteiger partial charge in [0.05, 0.1) is 105 Å². The smallest absolute Gasteiger partial charge is 0.308 e. The Kier molecular flexibility index (Phi) is 11.7. The molecule has 0 saturated carbocycles. The van der Waals surface area contributed by atoms with E-state index in [9.17, 15) is 20.1 Å². The first-order valence-electron chi connectivity index (χ1n) is 29.1. The van der Waals surface area contributed by atoms with Gasteiger partial charge in [0, 0.05) is 74.5 Å². The first-order valence-corrected chi connectivity index (χ1v) is 29.1. The van der Waals surface area contributed by atoms with Crippen molar-refractivity contribution in [3.8, 4) is 0 Å². The quantitative estimate of drug-likeness (QED) is 0.369. The van der Waals surface area contributed by atoms with Crippen LogP contribution in [0.15, 0.2) is 51.7 Å². The molecular formula is C59H72O19. The molecule has 14 fully saturated rings. The predicted molar refractivity (Wildman–Crippen MR) is 267 cm³/mol. The van der Waals surface area contributed by atoms with Gasteiger partial charge in [-0.05, 0) is 66.2 Å². The van der Waals surface area contributed by atoms with E-state index in [1.54, 1.807) is 0 Å². The number of allylic oxidation sites excluding steroid dienone is 2. The summed E-state index contributed by atoms with van der Waals surface area (Å²) in [6.45, 7) is 15.0. The van der Waals surface area contributed by atoms with E-state index in [1.807, 2.05) is 30.4 Å². The van der Waals surface area contributed by atoms with E-state index in [1.165, 1.54) is 0 Å². The van der Waals surface area contributed by atoms with Crippen molar-refractivity contribution in [2.24, 2.45) is 17.8 Å². The number of aliphatic hydroxyl groups is 3. The van der Waals surface area contributed by atoms with Crippen molar-refractivity contribution in [1.82, 2.24) is 0 Å². The number of ether oxygens (including phenoxy) is 14. The third kappa shape index (κ3) is 7.87. The van der Waals surface area contributed by atoms with E-state index in [2.05, 4.69) is 27.4 Å².